The van der Waals surface area contributed by atoms with Gasteiger partial charge in [0, 0.05) is 0 Å². The predicted octanol–water partition coefficient (Wildman–Crippen LogP) is 11.2. The Morgan fingerprint density at radius 3 is 1.24 bits per heavy atom. The Hall–Kier alpha value is -0.100. The van der Waals surface area contributed by atoms with E-state index in [0.717, 1.165) is 6.54 Å². The average molecular weight is 513 g/mol. The van der Waals surface area contributed by atoms with E-state index in [4.69, 9.17) is 0 Å². The highest BCUT2D eigenvalue weighted by Crippen LogP contribution is 2.57. The van der Waals surface area contributed by atoms with Crippen LogP contribution in [0, 0.1) is 0 Å². The van der Waals surface area contributed by atoms with Crippen LogP contribution in [0.25, 0.3) is 0 Å². The Bertz CT molecular complexity index is 481. The lowest BCUT2D eigenvalue weighted by atomic mass is 10.1. The molecule has 0 heterocycles. The molecule has 0 spiro atoms. The fraction of sp³-hybridized carbons (Fsp3) is 0.806. The van der Waals surface area contributed by atoms with Gasteiger partial charge in [-0.2, -0.15) is 5.09 Å². The van der Waals surface area contributed by atoms with E-state index in [-0.39, 0.29) is 12.4 Å². The molecule has 0 aliphatic carbocycles. The van der Waals surface area contributed by atoms with Crippen molar-refractivity contribution in [3.63, 3.8) is 0 Å². The highest BCUT2D eigenvalue weighted by Gasteiger charge is 2.35. The van der Waals surface area contributed by atoms with Crippen LogP contribution in [-0.4, -0.2) is 18.5 Å². The molecule has 0 amide bonds. The maximum atomic E-state index is 4.27. The van der Waals surface area contributed by atoms with Crippen molar-refractivity contribution in [3.8, 4) is 0 Å². The van der Waals surface area contributed by atoms with E-state index in [1.165, 1.54) is 140 Å². The van der Waals surface area contributed by atoms with Crippen molar-refractivity contribution in [2.45, 2.75) is 143 Å². The minimum atomic E-state index is -1.08. The Morgan fingerprint density at radius 1 is 0.500 bits per heavy atom. The first-order valence-electron chi connectivity index (χ1n) is 14.9. The molecule has 200 valence electrons. The van der Waals surface area contributed by atoms with Gasteiger partial charge in [-0.1, -0.05) is 128 Å². The predicted molar refractivity (Wildman–Crippen MR) is 162 cm³/mol. The van der Waals surface area contributed by atoms with E-state index in [2.05, 4.69) is 56.2 Å². The minimum absolute atomic E-state index is 0. The Morgan fingerprint density at radius 2 is 0.853 bits per heavy atom. The standard InChI is InChI=1S/C31H59NP.ClH/c1-4-7-10-13-16-22-27-33(28-23-17-14-11-8-5-2,29-24-18-15-12-9-6-3)32-30-31-25-20-19-21-26-31;/h19-21,25-26,32H,4-18,22-24,27-30H2,1-3H3;1H/q+1;. The summed E-state index contributed by atoms with van der Waals surface area (Å²) in [5.41, 5.74) is 1.47. The quantitative estimate of drug-likeness (QED) is 0.107. The van der Waals surface area contributed by atoms with Gasteiger partial charge in [-0.25, -0.2) is 0 Å². The Balaban J connectivity index is 0.0000109. The fourth-order valence-electron chi connectivity index (χ4n) is 5.01. The van der Waals surface area contributed by atoms with Crippen LogP contribution in [0.3, 0.4) is 0 Å². The van der Waals surface area contributed by atoms with Gasteiger partial charge in [-0.3, -0.25) is 0 Å². The van der Waals surface area contributed by atoms with Crippen molar-refractivity contribution in [1.29, 1.82) is 0 Å². The molecule has 0 aliphatic heterocycles. The molecule has 0 aromatic heterocycles. The number of nitrogens with one attached hydrogen (secondary N) is 1. The molecule has 0 saturated carbocycles. The van der Waals surface area contributed by atoms with Crippen LogP contribution >= 0.6 is 19.8 Å². The lowest BCUT2D eigenvalue weighted by Gasteiger charge is -2.29. The van der Waals surface area contributed by atoms with Gasteiger partial charge >= 0.3 is 0 Å². The lowest BCUT2D eigenvalue weighted by Crippen LogP contribution is -2.24. The van der Waals surface area contributed by atoms with E-state index in [1.54, 1.807) is 0 Å². The SMILES string of the molecule is CCCCCCCC[P+](CCCCCCCC)(CCCCCCCC)NCc1ccccc1.Cl. The van der Waals surface area contributed by atoms with Crippen LogP contribution in [0.4, 0.5) is 0 Å². The van der Waals surface area contributed by atoms with Gasteiger partial charge in [0.15, 0.2) is 0 Å². The summed E-state index contributed by atoms with van der Waals surface area (Å²) in [4.78, 5) is 0. The molecule has 3 heteroatoms. The monoisotopic (exact) mass is 512 g/mol. The van der Waals surface area contributed by atoms with Gasteiger partial charge < -0.3 is 0 Å². The second-order valence-electron chi connectivity index (χ2n) is 10.4. The molecule has 1 aromatic carbocycles. The van der Waals surface area contributed by atoms with Crippen molar-refractivity contribution < 1.29 is 0 Å². The molecule has 0 saturated heterocycles. The first-order valence-corrected chi connectivity index (χ1v) is 17.3. The number of benzene rings is 1. The van der Waals surface area contributed by atoms with Gasteiger partial charge in [0.05, 0.1) is 32.4 Å². The first-order chi connectivity index (χ1) is 16.3. The summed E-state index contributed by atoms with van der Waals surface area (Å²) in [6.45, 7) is 8.05. The van der Waals surface area contributed by atoms with Crippen LogP contribution in [0.15, 0.2) is 30.3 Å². The molecule has 0 radical (unpaired) electrons. The van der Waals surface area contributed by atoms with Gasteiger partial charge in [0.25, 0.3) is 0 Å². The fourth-order valence-corrected chi connectivity index (χ4v) is 9.16. The van der Waals surface area contributed by atoms with Gasteiger partial charge in [-0.05, 0) is 44.1 Å². The summed E-state index contributed by atoms with van der Waals surface area (Å²) in [5.74, 6) is 0. The van der Waals surface area contributed by atoms with Crippen molar-refractivity contribution >= 4 is 19.8 Å². The zero-order valence-electron chi connectivity index (χ0n) is 23.3. The normalized spacial score (nSPS) is 11.5. The van der Waals surface area contributed by atoms with Crippen molar-refractivity contribution in [1.82, 2.24) is 5.09 Å². The summed E-state index contributed by atoms with van der Waals surface area (Å²) < 4.78 is 0. The van der Waals surface area contributed by atoms with E-state index in [9.17, 15) is 0 Å². The molecule has 1 aromatic rings. The number of hydrogen-bond acceptors (Lipinski definition) is 1. The molecule has 0 bridgehead atoms. The highest BCUT2D eigenvalue weighted by molar-refractivity contribution is 7.73. The number of halogens is 1. The molecule has 0 atom stereocenters. The molecule has 0 aliphatic rings. The number of unbranched alkanes of at least 4 members (excludes halogenated alkanes) is 15. The summed E-state index contributed by atoms with van der Waals surface area (Å²) in [6, 6.07) is 11.2. The number of hydrogen-bond donors (Lipinski definition) is 1. The minimum Gasteiger partial charge on any atom is -0.188 e. The van der Waals surface area contributed by atoms with Gasteiger partial charge in [0.2, 0.25) is 0 Å². The average Bonchev–Trinajstić information content (AvgIpc) is 2.85. The Kier molecular flexibility index (Phi) is 24.5. The summed E-state index contributed by atoms with van der Waals surface area (Å²) >= 11 is 0. The largest absolute Gasteiger partial charge is 0.188 e. The third-order valence-corrected chi connectivity index (χ3v) is 11.6. The molecule has 0 fully saturated rings. The molecule has 1 nitrogen and oxygen atoms in total. The molecule has 34 heavy (non-hydrogen) atoms. The zero-order chi connectivity index (χ0) is 23.9. The third-order valence-electron chi connectivity index (χ3n) is 7.28. The van der Waals surface area contributed by atoms with Gasteiger partial charge in [0.1, 0.15) is 0 Å². The van der Waals surface area contributed by atoms with Crippen LogP contribution in [0.5, 0.6) is 0 Å². The van der Waals surface area contributed by atoms with E-state index < -0.39 is 7.41 Å². The van der Waals surface area contributed by atoms with Crippen LogP contribution in [-0.2, 0) is 6.54 Å². The van der Waals surface area contributed by atoms with E-state index in [1.807, 2.05) is 0 Å². The molecule has 0 unspecified atom stereocenters. The Labute approximate surface area is 221 Å². The maximum absolute atomic E-state index is 4.27. The third kappa shape index (κ3) is 18.2. The second-order valence-corrected chi connectivity index (χ2v) is 14.4. The van der Waals surface area contributed by atoms with Crippen molar-refractivity contribution in [2.75, 3.05) is 18.5 Å². The molecule has 1 N–H and O–H groups in total. The van der Waals surface area contributed by atoms with E-state index >= 15 is 0 Å². The summed E-state index contributed by atoms with van der Waals surface area (Å²) in [5, 5.41) is 4.27. The number of rotatable bonds is 24. The first kappa shape index (κ1) is 33.9. The topological polar surface area (TPSA) is 12.0 Å². The smallest absolute Gasteiger partial charge is 0.0803 e. The second kappa shape index (κ2) is 24.6. The van der Waals surface area contributed by atoms with Crippen LogP contribution in [0.2, 0.25) is 0 Å². The zero-order valence-corrected chi connectivity index (χ0v) is 25.0. The lowest BCUT2D eigenvalue weighted by molar-refractivity contribution is 0.613. The maximum Gasteiger partial charge on any atom is 0.0803 e. The van der Waals surface area contributed by atoms with Crippen molar-refractivity contribution in [3.05, 3.63) is 35.9 Å². The van der Waals surface area contributed by atoms with Crippen molar-refractivity contribution in [2.24, 2.45) is 0 Å². The van der Waals surface area contributed by atoms with Crippen LogP contribution in [0.1, 0.15) is 142 Å². The molecular weight excluding hydrogens is 453 g/mol. The van der Waals surface area contributed by atoms with Crippen LogP contribution < -0.4 is 5.09 Å². The highest BCUT2D eigenvalue weighted by atomic mass is 35.5. The molecular formula is C31H60ClNP+. The summed E-state index contributed by atoms with van der Waals surface area (Å²) in [7, 11) is -1.08. The van der Waals surface area contributed by atoms with Gasteiger partial charge in [-0.15, -0.1) is 12.4 Å². The summed E-state index contributed by atoms with van der Waals surface area (Å²) in [6.07, 6.45) is 30.1. The van der Waals surface area contributed by atoms with E-state index in [0.29, 0.717) is 0 Å². The molecule has 1 rings (SSSR count).